The Hall–Kier alpha value is -3.09. The van der Waals surface area contributed by atoms with Gasteiger partial charge in [-0.05, 0) is 11.6 Å². The molecule has 0 N–H and O–H groups in total. The molecule has 0 aromatic heterocycles. The fraction of sp³-hybridized carbons (Fsp3) is 0.217. The van der Waals surface area contributed by atoms with Gasteiger partial charge in [0.1, 0.15) is 17.4 Å². The van der Waals surface area contributed by atoms with E-state index in [2.05, 4.69) is 11.3 Å². The van der Waals surface area contributed by atoms with Crippen LogP contribution in [0.3, 0.4) is 0 Å². The lowest BCUT2D eigenvalue weighted by Crippen LogP contribution is -2.21. The lowest BCUT2D eigenvalue weighted by atomic mass is 9.94. The van der Waals surface area contributed by atoms with Gasteiger partial charge in [0, 0.05) is 30.5 Å². The second kappa shape index (κ2) is 9.61. The van der Waals surface area contributed by atoms with E-state index in [0.717, 1.165) is 17.7 Å². The Morgan fingerprint density at radius 3 is 2.07 bits per heavy atom. The molecule has 0 unspecified atom stereocenters. The van der Waals surface area contributed by atoms with Crippen LogP contribution in [0.15, 0.2) is 66.9 Å². The van der Waals surface area contributed by atoms with Crippen LogP contribution in [-0.4, -0.2) is 24.7 Å². The maximum atomic E-state index is 14.8. The third-order valence-electron chi connectivity index (χ3n) is 4.20. The lowest BCUT2D eigenvalue weighted by Gasteiger charge is -2.30. The molecule has 7 heteroatoms. The summed E-state index contributed by atoms with van der Waals surface area (Å²) in [5, 5.41) is 0. The van der Waals surface area contributed by atoms with E-state index in [4.69, 9.17) is 0 Å². The van der Waals surface area contributed by atoms with Crippen molar-refractivity contribution >= 4 is 11.3 Å². The highest BCUT2D eigenvalue weighted by Crippen LogP contribution is 2.38. The third-order valence-corrected chi connectivity index (χ3v) is 4.20. The summed E-state index contributed by atoms with van der Waals surface area (Å²) in [5.41, 5.74) is 1.63. The number of ether oxygens (including phenoxy) is 1. The highest BCUT2D eigenvalue weighted by Gasteiger charge is 2.30. The summed E-state index contributed by atoms with van der Waals surface area (Å²) < 4.78 is 71.0. The maximum Gasteiger partial charge on any atom is 0.422 e. The van der Waals surface area contributed by atoms with Crippen molar-refractivity contribution in [3.05, 3.63) is 89.7 Å². The largest absolute Gasteiger partial charge is 0.484 e. The monoisotopic (exact) mass is 423 g/mol. The normalized spacial score (nSPS) is 13.9. The Labute approximate surface area is 172 Å². The zero-order valence-corrected chi connectivity index (χ0v) is 16.9. The van der Waals surface area contributed by atoms with Gasteiger partial charge in [0.05, 0.1) is 11.3 Å². The van der Waals surface area contributed by atoms with Gasteiger partial charge in [-0.1, -0.05) is 56.8 Å². The van der Waals surface area contributed by atoms with Crippen LogP contribution in [0.4, 0.5) is 22.0 Å². The van der Waals surface area contributed by atoms with Crippen LogP contribution in [-0.2, 0) is 0 Å². The van der Waals surface area contributed by atoms with E-state index in [1.807, 2.05) is 19.9 Å². The minimum absolute atomic E-state index is 0.219. The molecule has 2 aromatic carbocycles. The third kappa shape index (κ3) is 5.28. The van der Waals surface area contributed by atoms with E-state index in [-0.39, 0.29) is 11.3 Å². The van der Waals surface area contributed by atoms with Crippen molar-refractivity contribution in [1.82, 2.24) is 4.90 Å². The number of rotatable bonds is 4. The molecule has 0 saturated carbocycles. The molecule has 0 atom stereocenters. The first kappa shape index (κ1) is 23.2. The van der Waals surface area contributed by atoms with Crippen molar-refractivity contribution < 1.29 is 26.7 Å². The summed E-state index contributed by atoms with van der Waals surface area (Å²) in [7, 11) is 1.61. The summed E-state index contributed by atoms with van der Waals surface area (Å²) in [6.45, 7) is 6.21. The van der Waals surface area contributed by atoms with E-state index < -0.39 is 30.2 Å². The summed E-state index contributed by atoms with van der Waals surface area (Å²) in [5.74, 6) is -2.60. The Kier molecular flexibility index (Phi) is 7.43. The molecule has 3 rings (SSSR count). The lowest BCUT2D eigenvalue weighted by molar-refractivity contribution is -0.153. The van der Waals surface area contributed by atoms with Crippen LogP contribution in [0, 0.1) is 11.6 Å². The molecule has 0 spiro atoms. The van der Waals surface area contributed by atoms with Gasteiger partial charge in [0.2, 0.25) is 0 Å². The molecule has 2 aromatic rings. The van der Waals surface area contributed by atoms with Crippen LogP contribution in [0.5, 0.6) is 5.75 Å². The predicted octanol–water partition coefficient (Wildman–Crippen LogP) is 6.82. The highest BCUT2D eigenvalue weighted by molar-refractivity contribution is 5.97. The number of halogens is 5. The highest BCUT2D eigenvalue weighted by atomic mass is 19.4. The summed E-state index contributed by atoms with van der Waals surface area (Å²) in [6.07, 6.45) is -1.21. The van der Waals surface area contributed by atoms with E-state index in [1.165, 1.54) is 4.90 Å². The van der Waals surface area contributed by atoms with Gasteiger partial charge in [0.25, 0.3) is 0 Å². The van der Waals surface area contributed by atoms with Crippen LogP contribution in [0.1, 0.15) is 25.0 Å². The maximum absolute atomic E-state index is 14.8. The molecule has 0 saturated heterocycles. The first-order valence-corrected chi connectivity index (χ1v) is 9.27. The smallest absolute Gasteiger partial charge is 0.422 e. The molecule has 30 heavy (non-hydrogen) atoms. The zero-order chi connectivity index (χ0) is 22.5. The van der Waals surface area contributed by atoms with E-state index in [0.29, 0.717) is 11.3 Å². The molecule has 1 heterocycles. The molecule has 0 amide bonds. The van der Waals surface area contributed by atoms with Crippen molar-refractivity contribution in [2.45, 2.75) is 20.0 Å². The topological polar surface area (TPSA) is 12.5 Å². The van der Waals surface area contributed by atoms with E-state index in [9.17, 15) is 22.0 Å². The average molecular weight is 423 g/mol. The van der Waals surface area contributed by atoms with Gasteiger partial charge in [-0.3, -0.25) is 0 Å². The molecule has 0 bridgehead atoms. The summed E-state index contributed by atoms with van der Waals surface area (Å²) >= 11 is 0. The van der Waals surface area contributed by atoms with E-state index in [1.54, 1.807) is 43.5 Å². The fourth-order valence-electron chi connectivity index (χ4n) is 2.87. The summed E-state index contributed by atoms with van der Waals surface area (Å²) in [6, 6.07) is 10.5. The number of hydrogen-bond acceptors (Lipinski definition) is 2. The first-order chi connectivity index (χ1) is 14.2. The quantitative estimate of drug-likeness (QED) is 0.501. The SMILES string of the molecule is C=C1C=CC(c2ccccc2)=C(c2c(F)cc(OCC(F)(F)F)cc2F)N1C.CC. The number of benzene rings is 2. The van der Waals surface area contributed by atoms with Crippen molar-refractivity contribution in [3.8, 4) is 5.75 Å². The van der Waals surface area contributed by atoms with Gasteiger partial charge in [-0.25, -0.2) is 8.78 Å². The number of nitrogens with zero attached hydrogens (tertiary/aromatic N) is 1. The second-order valence-corrected chi connectivity index (χ2v) is 6.18. The Bertz CT molecular complexity index is 938. The van der Waals surface area contributed by atoms with Crippen LogP contribution in [0.25, 0.3) is 11.3 Å². The molecular formula is C23H22F5NO. The van der Waals surface area contributed by atoms with Gasteiger partial charge in [-0.15, -0.1) is 0 Å². The van der Waals surface area contributed by atoms with Crippen LogP contribution < -0.4 is 4.74 Å². The van der Waals surface area contributed by atoms with Crippen molar-refractivity contribution in [2.75, 3.05) is 13.7 Å². The molecule has 0 fully saturated rings. The molecule has 1 aliphatic rings. The molecule has 160 valence electrons. The number of hydrogen-bond donors (Lipinski definition) is 0. The minimum Gasteiger partial charge on any atom is -0.484 e. The molecule has 2 nitrogen and oxygen atoms in total. The van der Waals surface area contributed by atoms with Gasteiger partial charge < -0.3 is 9.64 Å². The van der Waals surface area contributed by atoms with Crippen molar-refractivity contribution in [1.29, 1.82) is 0 Å². The predicted molar refractivity (Wildman–Crippen MR) is 109 cm³/mol. The molecular weight excluding hydrogens is 401 g/mol. The van der Waals surface area contributed by atoms with Crippen LogP contribution in [0.2, 0.25) is 0 Å². The Morgan fingerprint density at radius 2 is 1.53 bits per heavy atom. The first-order valence-electron chi connectivity index (χ1n) is 9.27. The number of alkyl halides is 3. The van der Waals surface area contributed by atoms with Crippen molar-refractivity contribution in [2.24, 2.45) is 0 Å². The summed E-state index contributed by atoms with van der Waals surface area (Å²) in [4.78, 5) is 1.53. The Balaban J connectivity index is 0.00000155. The molecule has 1 aliphatic heterocycles. The average Bonchev–Trinajstić information content (AvgIpc) is 2.71. The molecule has 0 radical (unpaired) electrons. The Morgan fingerprint density at radius 1 is 0.967 bits per heavy atom. The fourth-order valence-corrected chi connectivity index (χ4v) is 2.87. The van der Waals surface area contributed by atoms with Gasteiger partial charge in [0.15, 0.2) is 6.61 Å². The second-order valence-electron chi connectivity index (χ2n) is 6.18. The zero-order valence-electron chi connectivity index (χ0n) is 16.9. The standard InChI is InChI=1S/C21H16F5NO.C2H6/c1-13-8-9-16(14-6-4-3-5-7-14)20(27(13)2)19-17(22)10-15(11-18(19)23)28-12-21(24,25)26;1-2/h3-11H,1,12H2,2H3;1-2H3. The van der Waals surface area contributed by atoms with E-state index >= 15 is 0 Å². The van der Waals surface area contributed by atoms with Crippen molar-refractivity contribution in [3.63, 3.8) is 0 Å². The van der Waals surface area contributed by atoms with Crippen LogP contribution >= 0.6 is 0 Å². The minimum atomic E-state index is -4.61. The number of allylic oxidation sites excluding steroid dienone is 3. The molecule has 0 aliphatic carbocycles. The number of likely N-dealkylation sites (N-methyl/N-ethyl adjacent to an activating group) is 1. The van der Waals surface area contributed by atoms with Gasteiger partial charge in [-0.2, -0.15) is 13.2 Å². The van der Waals surface area contributed by atoms with Gasteiger partial charge >= 0.3 is 6.18 Å².